The molecule has 1 aliphatic rings. The van der Waals surface area contributed by atoms with Gasteiger partial charge >= 0.3 is 0 Å². The normalized spacial score (nSPS) is 16.5. The van der Waals surface area contributed by atoms with Gasteiger partial charge in [0, 0.05) is 19.5 Å². The number of nitrogens with zero attached hydrogens (tertiary/aromatic N) is 2. The Morgan fingerprint density at radius 2 is 2.14 bits per heavy atom. The molecule has 1 aliphatic heterocycles. The zero-order valence-corrected chi connectivity index (χ0v) is 12.9. The molecule has 1 aromatic carbocycles. The summed E-state index contributed by atoms with van der Waals surface area (Å²) in [6.07, 6.45) is 2.46. The van der Waals surface area contributed by atoms with E-state index in [9.17, 15) is 4.79 Å². The van der Waals surface area contributed by atoms with Gasteiger partial charge in [0.1, 0.15) is 0 Å². The minimum absolute atomic E-state index is 0.202. The van der Waals surface area contributed by atoms with E-state index in [1.165, 1.54) is 0 Å². The van der Waals surface area contributed by atoms with Gasteiger partial charge in [-0.3, -0.25) is 4.79 Å². The van der Waals surface area contributed by atoms with E-state index >= 15 is 0 Å². The van der Waals surface area contributed by atoms with E-state index in [1.54, 1.807) is 11.3 Å². The number of rotatable bonds is 3. The lowest BCUT2D eigenvalue weighted by Gasteiger charge is -2.33. The lowest BCUT2D eigenvalue weighted by molar-refractivity contribution is -0.119. The number of nitrogen functional groups attached to an aromatic ring is 1. The number of thiazole rings is 1. The van der Waals surface area contributed by atoms with Crippen molar-refractivity contribution in [1.29, 1.82) is 0 Å². The molecule has 4 N–H and O–H groups in total. The van der Waals surface area contributed by atoms with Crippen LogP contribution in [0, 0.1) is 12.8 Å². The Kier molecular flexibility index (Phi) is 3.71. The predicted molar refractivity (Wildman–Crippen MR) is 87.5 cm³/mol. The molecule has 2 aromatic rings. The smallest absolute Gasteiger partial charge is 0.217 e. The molecule has 0 bridgehead atoms. The number of amides is 1. The van der Waals surface area contributed by atoms with E-state index < -0.39 is 0 Å². The van der Waals surface area contributed by atoms with E-state index in [1.807, 2.05) is 13.0 Å². The van der Waals surface area contributed by atoms with Gasteiger partial charge in [0.05, 0.1) is 26.6 Å². The first-order chi connectivity index (χ1) is 10.0. The summed E-state index contributed by atoms with van der Waals surface area (Å²) in [5, 5.41) is 1.06. The largest absolute Gasteiger partial charge is 0.397 e. The summed E-state index contributed by atoms with van der Waals surface area (Å²) in [6, 6.07) is 4.10. The predicted octanol–water partition coefficient (Wildman–Crippen LogP) is 2.28. The molecule has 0 spiro atoms. The van der Waals surface area contributed by atoms with Gasteiger partial charge in [-0.05, 0) is 37.8 Å². The Morgan fingerprint density at radius 1 is 1.43 bits per heavy atom. The third kappa shape index (κ3) is 2.95. The molecule has 2 heterocycles. The van der Waals surface area contributed by atoms with Crippen LogP contribution in [0.3, 0.4) is 0 Å². The second kappa shape index (κ2) is 5.52. The number of primary amides is 1. The van der Waals surface area contributed by atoms with E-state index in [2.05, 4.69) is 16.0 Å². The van der Waals surface area contributed by atoms with Crippen LogP contribution in [0.15, 0.2) is 12.1 Å². The number of aryl methyl sites for hydroxylation is 1. The van der Waals surface area contributed by atoms with Gasteiger partial charge in [0.25, 0.3) is 0 Å². The molecule has 0 saturated carbocycles. The van der Waals surface area contributed by atoms with Crippen LogP contribution in [0.4, 0.5) is 11.4 Å². The van der Waals surface area contributed by atoms with Gasteiger partial charge in [0.2, 0.25) is 5.91 Å². The fourth-order valence-electron chi connectivity index (χ4n) is 3.03. The number of anilines is 2. The highest BCUT2D eigenvalue weighted by Crippen LogP contribution is 2.34. The highest BCUT2D eigenvalue weighted by molar-refractivity contribution is 7.18. The molecule has 21 heavy (non-hydrogen) atoms. The highest BCUT2D eigenvalue weighted by atomic mass is 32.1. The summed E-state index contributed by atoms with van der Waals surface area (Å²) in [4.78, 5) is 17.8. The Bertz CT molecular complexity index is 674. The van der Waals surface area contributed by atoms with Crippen molar-refractivity contribution in [2.75, 3.05) is 23.7 Å². The van der Waals surface area contributed by atoms with Crippen molar-refractivity contribution in [3.05, 3.63) is 17.1 Å². The summed E-state index contributed by atoms with van der Waals surface area (Å²) >= 11 is 1.67. The van der Waals surface area contributed by atoms with Crippen LogP contribution in [0.5, 0.6) is 0 Å². The van der Waals surface area contributed by atoms with Gasteiger partial charge < -0.3 is 16.4 Å². The molecule has 0 radical (unpaired) electrons. The molecule has 5 nitrogen and oxygen atoms in total. The Balaban J connectivity index is 1.78. The number of benzene rings is 1. The Hall–Kier alpha value is -1.82. The van der Waals surface area contributed by atoms with Gasteiger partial charge in [-0.2, -0.15) is 0 Å². The van der Waals surface area contributed by atoms with Crippen LogP contribution < -0.4 is 16.4 Å². The number of nitrogens with two attached hydrogens (primary N) is 2. The van der Waals surface area contributed by atoms with Crippen molar-refractivity contribution in [3.8, 4) is 0 Å². The van der Waals surface area contributed by atoms with Crippen molar-refractivity contribution in [2.45, 2.75) is 26.2 Å². The maximum absolute atomic E-state index is 11.0. The number of hydrogen-bond acceptors (Lipinski definition) is 5. The van der Waals surface area contributed by atoms with Crippen LogP contribution in [0.2, 0.25) is 0 Å². The second-order valence-corrected chi connectivity index (χ2v) is 6.95. The van der Waals surface area contributed by atoms with Crippen LogP contribution in [-0.4, -0.2) is 24.0 Å². The third-order valence-electron chi connectivity index (χ3n) is 4.09. The quantitative estimate of drug-likeness (QED) is 0.852. The van der Waals surface area contributed by atoms with Gasteiger partial charge in [0.15, 0.2) is 0 Å². The summed E-state index contributed by atoms with van der Waals surface area (Å²) in [5.41, 5.74) is 14.4. The molecule has 1 saturated heterocycles. The first-order valence-electron chi connectivity index (χ1n) is 7.23. The number of carbonyl (C=O) groups excluding carboxylic acids is 1. The van der Waals surface area contributed by atoms with Crippen LogP contribution in [-0.2, 0) is 4.79 Å². The summed E-state index contributed by atoms with van der Waals surface area (Å²) in [5.74, 6) is 0.206. The average molecular weight is 304 g/mol. The standard InChI is InChI=1S/C15H20N4OS/c1-9-18-12-8-13(11(16)7-14(12)21-9)19-4-2-10(3-5-19)6-15(17)20/h7-8,10H,2-6,16H2,1H3,(H2,17,20). The van der Waals surface area contributed by atoms with E-state index in [0.29, 0.717) is 12.3 Å². The molecular weight excluding hydrogens is 284 g/mol. The first-order valence-corrected chi connectivity index (χ1v) is 8.04. The van der Waals surface area contributed by atoms with Crippen molar-refractivity contribution >= 4 is 38.8 Å². The summed E-state index contributed by atoms with van der Waals surface area (Å²) in [6.45, 7) is 3.84. The molecule has 1 amide bonds. The minimum Gasteiger partial charge on any atom is -0.397 e. The maximum atomic E-state index is 11.0. The van der Waals surface area contributed by atoms with Crippen molar-refractivity contribution in [2.24, 2.45) is 11.7 Å². The summed E-state index contributed by atoms with van der Waals surface area (Å²) < 4.78 is 1.14. The second-order valence-electron chi connectivity index (χ2n) is 5.71. The fraction of sp³-hybridized carbons (Fsp3) is 0.467. The fourth-order valence-corrected chi connectivity index (χ4v) is 3.89. The van der Waals surface area contributed by atoms with Crippen LogP contribution in [0.25, 0.3) is 10.2 Å². The first kappa shape index (κ1) is 14.1. The van der Waals surface area contributed by atoms with E-state index in [0.717, 1.165) is 52.5 Å². The van der Waals surface area contributed by atoms with Crippen molar-refractivity contribution in [3.63, 3.8) is 0 Å². The van der Waals surface area contributed by atoms with E-state index in [-0.39, 0.29) is 5.91 Å². The number of hydrogen-bond donors (Lipinski definition) is 2. The molecule has 1 aromatic heterocycles. The zero-order chi connectivity index (χ0) is 15.0. The molecular formula is C15H20N4OS. The number of piperidine rings is 1. The molecule has 0 atom stereocenters. The minimum atomic E-state index is -0.202. The van der Waals surface area contributed by atoms with Crippen molar-refractivity contribution < 1.29 is 4.79 Å². The Morgan fingerprint density at radius 3 is 2.81 bits per heavy atom. The lowest BCUT2D eigenvalue weighted by Crippen LogP contribution is -2.35. The average Bonchev–Trinajstić information content (AvgIpc) is 2.77. The maximum Gasteiger partial charge on any atom is 0.217 e. The monoisotopic (exact) mass is 304 g/mol. The Labute approximate surface area is 127 Å². The SMILES string of the molecule is Cc1nc2cc(N3CCC(CC(N)=O)CC3)c(N)cc2s1. The highest BCUT2D eigenvalue weighted by Gasteiger charge is 2.22. The molecule has 112 valence electrons. The van der Waals surface area contributed by atoms with Gasteiger partial charge in [-0.1, -0.05) is 0 Å². The lowest BCUT2D eigenvalue weighted by atomic mass is 9.93. The summed E-state index contributed by atoms with van der Waals surface area (Å²) in [7, 11) is 0. The topological polar surface area (TPSA) is 85.2 Å². The van der Waals surface area contributed by atoms with Crippen LogP contribution >= 0.6 is 11.3 Å². The molecule has 0 unspecified atom stereocenters. The van der Waals surface area contributed by atoms with Crippen LogP contribution in [0.1, 0.15) is 24.3 Å². The number of carbonyl (C=O) groups is 1. The van der Waals surface area contributed by atoms with Gasteiger partial charge in [-0.25, -0.2) is 4.98 Å². The van der Waals surface area contributed by atoms with Crippen molar-refractivity contribution in [1.82, 2.24) is 4.98 Å². The van der Waals surface area contributed by atoms with Gasteiger partial charge in [-0.15, -0.1) is 11.3 Å². The molecule has 0 aliphatic carbocycles. The molecule has 1 fully saturated rings. The molecule has 6 heteroatoms. The zero-order valence-electron chi connectivity index (χ0n) is 12.1. The number of aromatic nitrogens is 1. The van der Waals surface area contributed by atoms with E-state index in [4.69, 9.17) is 11.5 Å². The molecule has 3 rings (SSSR count). The number of fused-ring (bicyclic) bond motifs is 1. The third-order valence-corrected chi connectivity index (χ3v) is 5.02.